The number of aryl methyl sites for hydroxylation is 1. The highest BCUT2D eigenvalue weighted by Gasteiger charge is 2.09. The van der Waals surface area contributed by atoms with Gasteiger partial charge in [-0.15, -0.1) is 0 Å². The molecule has 25 heavy (non-hydrogen) atoms. The van der Waals surface area contributed by atoms with Crippen molar-refractivity contribution in [1.82, 2.24) is 9.97 Å². The Kier molecular flexibility index (Phi) is 3.81. The van der Waals surface area contributed by atoms with Crippen LogP contribution in [0.25, 0.3) is 39.0 Å². The molecule has 4 rings (SSSR count). The zero-order chi connectivity index (χ0) is 17.4. The maximum absolute atomic E-state index is 4.74. The Balaban J connectivity index is 2.08. The van der Waals surface area contributed by atoms with Crippen LogP contribution in [0.15, 0.2) is 66.4 Å². The number of hydrogen-bond acceptors (Lipinski definition) is 2. The van der Waals surface area contributed by atoms with Gasteiger partial charge in [0.25, 0.3) is 0 Å². The predicted octanol–water partition coefficient (Wildman–Crippen LogP) is 6.18. The van der Waals surface area contributed by atoms with Crippen molar-refractivity contribution in [2.75, 3.05) is 0 Å². The molecule has 2 nitrogen and oxygen atoms in total. The Bertz CT molecular complexity index is 1110. The fourth-order valence-electron chi connectivity index (χ4n) is 3.25. The molecule has 1 heterocycles. The number of rotatable bonds is 2. The molecular weight excluding hydrogens is 304 g/mol. The number of aromatic nitrogens is 2. The highest BCUT2D eigenvalue weighted by atomic mass is 14.8. The van der Waals surface area contributed by atoms with Gasteiger partial charge in [-0.2, -0.15) is 0 Å². The smallest absolute Gasteiger partial charge is 0.0968 e. The predicted molar refractivity (Wildman–Crippen MR) is 107 cm³/mol. The van der Waals surface area contributed by atoms with Crippen molar-refractivity contribution in [2.45, 2.75) is 20.8 Å². The number of hydrogen-bond donors (Lipinski definition) is 0. The first-order valence-corrected chi connectivity index (χ1v) is 8.52. The van der Waals surface area contributed by atoms with Crippen molar-refractivity contribution in [3.05, 3.63) is 77.6 Å². The molecule has 0 fully saturated rings. The normalized spacial score (nSPS) is 11.0. The fraction of sp³-hybridized carbons (Fsp3) is 0.130. The van der Waals surface area contributed by atoms with E-state index in [0.717, 1.165) is 22.1 Å². The van der Waals surface area contributed by atoms with Crippen LogP contribution in [-0.4, -0.2) is 9.97 Å². The molecule has 0 spiro atoms. The lowest BCUT2D eigenvalue weighted by Gasteiger charge is -2.10. The largest absolute Gasteiger partial charge is 0.253 e. The molecule has 0 aliphatic rings. The van der Waals surface area contributed by atoms with E-state index in [1.807, 2.05) is 19.2 Å². The third-order valence-corrected chi connectivity index (χ3v) is 4.35. The number of allylic oxidation sites excluding steroid dienone is 1. The molecular formula is C23H20N2. The Morgan fingerprint density at radius 3 is 2.44 bits per heavy atom. The van der Waals surface area contributed by atoms with Crippen LogP contribution >= 0.6 is 0 Å². The highest BCUT2D eigenvalue weighted by molar-refractivity contribution is 6.09. The molecule has 0 saturated carbocycles. The first-order valence-electron chi connectivity index (χ1n) is 8.52. The molecule has 0 bridgehead atoms. The first kappa shape index (κ1) is 15.5. The second kappa shape index (κ2) is 6.14. The molecule has 0 unspecified atom stereocenters. The lowest BCUT2D eigenvalue weighted by Crippen LogP contribution is -1.92. The molecule has 0 aliphatic carbocycles. The minimum Gasteiger partial charge on any atom is -0.253 e. The summed E-state index contributed by atoms with van der Waals surface area (Å²) in [5.74, 6) is 0. The van der Waals surface area contributed by atoms with Gasteiger partial charge in [0, 0.05) is 11.6 Å². The summed E-state index contributed by atoms with van der Waals surface area (Å²) in [6.45, 7) is 6.23. The number of nitrogens with zero attached hydrogens (tertiary/aromatic N) is 2. The van der Waals surface area contributed by atoms with Gasteiger partial charge in [0.1, 0.15) is 0 Å². The lowest BCUT2D eigenvalue weighted by atomic mass is 9.96. The molecule has 0 aliphatic heterocycles. The molecule has 2 heteroatoms. The zero-order valence-electron chi connectivity index (χ0n) is 14.7. The van der Waals surface area contributed by atoms with Crippen LogP contribution in [0.1, 0.15) is 25.1 Å². The van der Waals surface area contributed by atoms with Crippen molar-refractivity contribution in [1.29, 1.82) is 0 Å². The van der Waals surface area contributed by atoms with E-state index in [0.29, 0.717) is 0 Å². The van der Waals surface area contributed by atoms with Crippen LogP contribution in [0.2, 0.25) is 0 Å². The van der Waals surface area contributed by atoms with Gasteiger partial charge in [0.15, 0.2) is 0 Å². The molecule has 1 aromatic heterocycles. The SMILES string of the molecule is CC(C)=Cc1cc2ncc(C)nc2c2ccc(-c3ccccc3)cc12. The molecule has 0 saturated heterocycles. The van der Waals surface area contributed by atoms with E-state index in [9.17, 15) is 0 Å². The molecule has 0 atom stereocenters. The van der Waals surface area contributed by atoms with E-state index in [1.54, 1.807) is 0 Å². The summed E-state index contributed by atoms with van der Waals surface area (Å²) < 4.78 is 0. The van der Waals surface area contributed by atoms with Crippen molar-refractivity contribution < 1.29 is 0 Å². The Hall–Kier alpha value is -3.00. The standard InChI is InChI=1S/C23H20N2/c1-15(2)11-19-13-22-23(25-16(3)14-24-22)20-10-9-18(12-21(19)20)17-7-5-4-6-8-17/h4-14H,1-3H3. The summed E-state index contributed by atoms with van der Waals surface area (Å²) in [7, 11) is 0. The van der Waals surface area contributed by atoms with Crippen LogP contribution in [0.3, 0.4) is 0 Å². The first-order chi connectivity index (χ1) is 12.1. The maximum Gasteiger partial charge on any atom is 0.0968 e. The summed E-state index contributed by atoms with van der Waals surface area (Å²) in [6, 6.07) is 19.3. The van der Waals surface area contributed by atoms with Gasteiger partial charge in [-0.1, -0.05) is 54.1 Å². The van der Waals surface area contributed by atoms with E-state index in [4.69, 9.17) is 4.98 Å². The van der Waals surface area contributed by atoms with Crippen LogP contribution in [0.5, 0.6) is 0 Å². The molecule has 4 aromatic rings. The van der Waals surface area contributed by atoms with E-state index in [1.165, 1.54) is 27.6 Å². The molecule has 0 amide bonds. The van der Waals surface area contributed by atoms with Crippen molar-refractivity contribution in [3.63, 3.8) is 0 Å². The van der Waals surface area contributed by atoms with Gasteiger partial charge in [-0.05, 0) is 55.0 Å². The topological polar surface area (TPSA) is 25.8 Å². The van der Waals surface area contributed by atoms with E-state index < -0.39 is 0 Å². The quantitative estimate of drug-likeness (QED) is 0.411. The van der Waals surface area contributed by atoms with Gasteiger partial charge in [0.2, 0.25) is 0 Å². The van der Waals surface area contributed by atoms with Gasteiger partial charge < -0.3 is 0 Å². The molecule has 3 aromatic carbocycles. The average Bonchev–Trinajstić information content (AvgIpc) is 2.62. The number of fused-ring (bicyclic) bond motifs is 3. The highest BCUT2D eigenvalue weighted by Crippen LogP contribution is 2.32. The summed E-state index contributed by atoms with van der Waals surface area (Å²) in [5, 5.41) is 2.37. The molecule has 122 valence electrons. The fourth-order valence-corrected chi connectivity index (χ4v) is 3.25. The van der Waals surface area contributed by atoms with Crippen molar-refractivity contribution in [3.8, 4) is 11.1 Å². The van der Waals surface area contributed by atoms with Crippen LogP contribution in [-0.2, 0) is 0 Å². The number of benzene rings is 3. The third-order valence-electron chi connectivity index (χ3n) is 4.35. The Morgan fingerprint density at radius 1 is 0.880 bits per heavy atom. The summed E-state index contributed by atoms with van der Waals surface area (Å²) in [6.07, 6.45) is 4.05. The Morgan fingerprint density at radius 2 is 1.68 bits per heavy atom. The second-order valence-electron chi connectivity index (χ2n) is 6.69. The van der Waals surface area contributed by atoms with Crippen LogP contribution in [0, 0.1) is 6.92 Å². The van der Waals surface area contributed by atoms with Crippen molar-refractivity contribution in [2.24, 2.45) is 0 Å². The van der Waals surface area contributed by atoms with E-state index in [-0.39, 0.29) is 0 Å². The minimum absolute atomic E-state index is 0.941. The Labute approximate surface area is 147 Å². The summed E-state index contributed by atoms with van der Waals surface area (Å²) in [4.78, 5) is 9.33. The maximum atomic E-state index is 4.74. The van der Waals surface area contributed by atoms with E-state index in [2.05, 4.69) is 73.4 Å². The zero-order valence-corrected chi connectivity index (χ0v) is 14.7. The van der Waals surface area contributed by atoms with Crippen LogP contribution < -0.4 is 0 Å². The average molecular weight is 324 g/mol. The van der Waals surface area contributed by atoms with Gasteiger partial charge >= 0.3 is 0 Å². The second-order valence-corrected chi connectivity index (χ2v) is 6.69. The van der Waals surface area contributed by atoms with Gasteiger partial charge in [-0.25, -0.2) is 4.98 Å². The molecule has 0 radical (unpaired) electrons. The van der Waals surface area contributed by atoms with Gasteiger partial charge in [0.05, 0.1) is 16.7 Å². The lowest BCUT2D eigenvalue weighted by molar-refractivity contribution is 1.19. The van der Waals surface area contributed by atoms with Crippen molar-refractivity contribution >= 4 is 27.9 Å². The van der Waals surface area contributed by atoms with Crippen LogP contribution in [0.4, 0.5) is 0 Å². The third kappa shape index (κ3) is 2.91. The summed E-state index contributed by atoms with van der Waals surface area (Å²) >= 11 is 0. The minimum atomic E-state index is 0.941. The summed E-state index contributed by atoms with van der Waals surface area (Å²) in [5.41, 5.74) is 7.76. The monoisotopic (exact) mass is 324 g/mol. The molecule has 0 N–H and O–H groups in total. The van der Waals surface area contributed by atoms with Gasteiger partial charge in [-0.3, -0.25) is 4.98 Å². The van der Waals surface area contributed by atoms with E-state index >= 15 is 0 Å².